The van der Waals surface area contributed by atoms with Crippen LogP contribution in [-0.2, 0) is 4.79 Å². The average molecular weight is 423 g/mol. The topological polar surface area (TPSA) is 41.6 Å². The first-order chi connectivity index (χ1) is 14.7. The molecule has 0 radical (unpaired) electrons. The van der Waals surface area contributed by atoms with E-state index in [1.165, 1.54) is 19.3 Å². The Balaban J connectivity index is 1.63. The summed E-state index contributed by atoms with van der Waals surface area (Å²) in [5.41, 5.74) is 1.94. The molecule has 2 aromatic carbocycles. The number of para-hydroxylation sites is 1. The normalized spacial score (nSPS) is 25.5. The van der Waals surface area contributed by atoms with Gasteiger partial charge in [-0.15, -0.1) is 0 Å². The second kappa shape index (κ2) is 9.61. The Morgan fingerprint density at radius 1 is 1.13 bits per heavy atom. The summed E-state index contributed by atoms with van der Waals surface area (Å²) in [6.45, 7) is 4.89. The van der Waals surface area contributed by atoms with E-state index in [1.54, 1.807) is 11.8 Å². The Morgan fingerprint density at radius 3 is 2.70 bits per heavy atom. The van der Waals surface area contributed by atoms with E-state index in [0.29, 0.717) is 12.5 Å². The van der Waals surface area contributed by atoms with E-state index in [1.807, 2.05) is 55.5 Å². The Labute approximate surface area is 183 Å². The number of thioether (sulfide) groups is 1. The highest BCUT2D eigenvalue weighted by Crippen LogP contribution is 2.42. The lowest BCUT2D eigenvalue weighted by Crippen LogP contribution is -2.48. The van der Waals surface area contributed by atoms with Gasteiger partial charge >= 0.3 is 0 Å². The predicted molar refractivity (Wildman–Crippen MR) is 125 cm³/mol. The fourth-order valence-corrected chi connectivity index (χ4v) is 5.59. The van der Waals surface area contributed by atoms with E-state index in [2.05, 4.69) is 29.3 Å². The first-order valence-electron chi connectivity index (χ1n) is 10.9. The third-order valence-corrected chi connectivity index (χ3v) is 7.01. The van der Waals surface area contributed by atoms with Crippen LogP contribution in [0.25, 0.3) is 6.08 Å². The van der Waals surface area contributed by atoms with Crippen molar-refractivity contribution in [1.82, 2.24) is 4.90 Å². The van der Waals surface area contributed by atoms with Gasteiger partial charge in [-0.25, -0.2) is 0 Å². The van der Waals surface area contributed by atoms with Gasteiger partial charge in [-0.3, -0.25) is 4.79 Å². The molecule has 1 amide bonds. The van der Waals surface area contributed by atoms with Gasteiger partial charge in [-0.2, -0.15) is 0 Å². The van der Waals surface area contributed by atoms with Gasteiger partial charge in [0, 0.05) is 11.7 Å². The maximum Gasteiger partial charge on any atom is 0.262 e. The van der Waals surface area contributed by atoms with Gasteiger partial charge in [0.05, 0.1) is 11.5 Å². The number of rotatable bonds is 6. The first-order valence-corrected chi connectivity index (χ1v) is 11.8. The lowest BCUT2D eigenvalue weighted by atomic mass is 9.85. The van der Waals surface area contributed by atoms with Crippen LogP contribution in [-0.4, -0.2) is 29.0 Å². The number of hydrogen-bond donors (Lipinski definition) is 1. The van der Waals surface area contributed by atoms with Crippen molar-refractivity contribution in [1.29, 1.82) is 0 Å². The van der Waals surface area contributed by atoms with Crippen LogP contribution in [0.5, 0.6) is 5.75 Å². The predicted octanol–water partition coefficient (Wildman–Crippen LogP) is 5.98. The molecule has 3 atom stereocenters. The molecule has 1 saturated heterocycles. The van der Waals surface area contributed by atoms with Crippen LogP contribution in [0.15, 0.2) is 59.5 Å². The molecule has 0 spiro atoms. The summed E-state index contributed by atoms with van der Waals surface area (Å²) < 4.78 is 5.62. The Morgan fingerprint density at radius 2 is 1.93 bits per heavy atom. The molecular weight excluding hydrogens is 392 g/mol. The van der Waals surface area contributed by atoms with E-state index in [-0.39, 0.29) is 17.4 Å². The van der Waals surface area contributed by atoms with Crippen LogP contribution < -0.4 is 10.1 Å². The summed E-state index contributed by atoms with van der Waals surface area (Å²) in [4.78, 5) is 16.4. The number of carbonyl (C=O) groups is 1. The molecule has 4 rings (SSSR count). The van der Waals surface area contributed by atoms with Gasteiger partial charge in [0.1, 0.15) is 5.75 Å². The minimum atomic E-state index is -0.0909. The fraction of sp³-hybridized carbons (Fsp3) is 0.400. The van der Waals surface area contributed by atoms with E-state index >= 15 is 0 Å². The number of benzene rings is 2. The molecule has 0 bridgehead atoms. The van der Waals surface area contributed by atoms with Crippen LogP contribution in [0.4, 0.5) is 5.69 Å². The van der Waals surface area contributed by atoms with Gasteiger partial charge < -0.3 is 15.0 Å². The minimum Gasteiger partial charge on any atom is -0.494 e. The largest absolute Gasteiger partial charge is 0.494 e. The third kappa shape index (κ3) is 4.67. The molecule has 1 aliphatic heterocycles. The van der Waals surface area contributed by atoms with Gasteiger partial charge in [-0.05, 0) is 61.6 Å². The zero-order valence-electron chi connectivity index (χ0n) is 17.7. The smallest absolute Gasteiger partial charge is 0.262 e. The van der Waals surface area contributed by atoms with Crippen molar-refractivity contribution in [3.63, 3.8) is 0 Å². The maximum absolute atomic E-state index is 13.5. The second-order valence-electron chi connectivity index (χ2n) is 8.04. The summed E-state index contributed by atoms with van der Waals surface area (Å²) in [6.07, 6.45) is 6.72. The summed E-state index contributed by atoms with van der Waals surface area (Å²) >= 11 is 1.62. The minimum absolute atomic E-state index is 0.0909. The highest BCUT2D eigenvalue weighted by Gasteiger charge is 2.42. The monoisotopic (exact) mass is 422 g/mol. The summed E-state index contributed by atoms with van der Waals surface area (Å²) in [6, 6.07) is 18.4. The maximum atomic E-state index is 13.5. The molecule has 2 aromatic rings. The number of amides is 1. The SMILES string of the molecule is CCOc1cccc(/C=C2\SC(Nc3ccccc3)N([C@H]3CCCC[C@H]3C)C2=O)c1. The van der Waals surface area contributed by atoms with Crippen LogP contribution in [0.3, 0.4) is 0 Å². The Bertz CT molecular complexity index is 899. The van der Waals surface area contributed by atoms with Crippen molar-refractivity contribution in [2.45, 2.75) is 51.1 Å². The van der Waals surface area contributed by atoms with Crippen molar-refractivity contribution >= 4 is 29.4 Å². The first kappa shape index (κ1) is 20.9. The van der Waals surface area contributed by atoms with Gasteiger partial charge in [0.15, 0.2) is 5.50 Å². The highest BCUT2D eigenvalue weighted by molar-refractivity contribution is 8.05. The molecule has 4 nitrogen and oxygen atoms in total. The van der Waals surface area contributed by atoms with Crippen LogP contribution in [0.1, 0.15) is 45.1 Å². The molecule has 2 fully saturated rings. The van der Waals surface area contributed by atoms with E-state index < -0.39 is 0 Å². The van der Waals surface area contributed by atoms with Crippen molar-refractivity contribution in [2.75, 3.05) is 11.9 Å². The van der Waals surface area contributed by atoms with Gasteiger partial charge in [0.2, 0.25) is 0 Å². The highest BCUT2D eigenvalue weighted by atomic mass is 32.2. The zero-order valence-corrected chi connectivity index (χ0v) is 18.5. The van der Waals surface area contributed by atoms with Crippen LogP contribution in [0, 0.1) is 5.92 Å². The Kier molecular flexibility index (Phi) is 6.68. The van der Waals surface area contributed by atoms with E-state index in [0.717, 1.165) is 28.3 Å². The third-order valence-electron chi connectivity index (χ3n) is 5.89. The molecule has 1 unspecified atom stereocenters. The molecule has 1 heterocycles. The molecule has 1 aliphatic carbocycles. The number of ether oxygens (including phenoxy) is 1. The van der Waals surface area contributed by atoms with Gasteiger partial charge in [-0.1, -0.05) is 61.9 Å². The molecule has 0 aromatic heterocycles. The molecular formula is C25H30N2O2S. The molecule has 2 aliphatic rings. The summed E-state index contributed by atoms with van der Waals surface area (Å²) in [7, 11) is 0. The quantitative estimate of drug-likeness (QED) is 0.582. The summed E-state index contributed by atoms with van der Waals surface area (Å²) in [5, 5.41) is 3.59. The van der Waals surface area contributed by atoms with Crippen molar-refractivity contribution in [3.05, 3.63) is 65.1 Å². The fourth-order valence-electron chi connectivity index (χ4n) is 4.38. The van der Waals surface area contributed by atoms with Crippen molar-refractivity contribution in [3.8, 4) is 5.75 Å². The Hall–Kier alpha value is -2.40. The lowest BCUT2D eigenvalue weighted by molar-refractivity contribution is -0.129. The molecule has 30 heavy (non-hydrogen) atoms. The number of nitrogens with one attached hydrogen (secondary N) is 1. The standard InChI is InChI=1S/C25H30N2O2S/c1-3-29-21-14-9-11-19(16-21)17-23-24(28)27(22-15-8-7-10-18(22)2)25(30-23)26-20-12-5-4-6-13-20/h4-6,9,11-14,16-18,22,25-26H,3,7-8,10,15H2,1-2H3/b23-17-/t18-,22+,25?/m1/s1. The molecule has 5 heteroatoms. The van der Waals surface area contributed by atoms with E-state index in [4.69, 9.17) is 4.74 Å². The molecule has 158 valence electrons. The van der Waals surface area contributed by atoms with Crippen LogP contribution in [0.2, 0.25) is 0 Å². The van der Waals surface area contributed by atoms with Crippen molar-refractivity contribution in [2.24, 2.45) is 5.92 Å². The van der Waals surface area contributed by atoms with Gasteiger partial charge in [0.25, 0.3) is 5.91 Å². The number of anilines is 1. The average Bonchev–Trinajstić information content (AvgIpc) is 3.04. The zero-order chi connectivity index (χ0) is 20.9. The molecule has 1 saturated carbocycles. The number of nitrogens with zero attached hydrogens (tertiary/aromatic N) is 1. The summed E-state index contributed by atoms with van der Waals surface area (Å²) in [5.74, 6) is 1.48. The second-order valence-corrected chi connectivity index (χ2v) is 9.16. The lowest BCUT2D eigenvalue weighted by Gasteiger charge is -2.39. The number of hydrogen-bond acceptors (Lipinski definition) is 4. The van der Waals surface area contributed by atoms with Crippen molar-refractivity contribution < 1.29 is 9.53 Å². The van der Waals surface area contributed by atoms with E-state index in [9.17, 15) is 4.79 Å². The number of carbonyl (C=O) groups excluding carboxylic acids is 1. The molecule has 1 N–H and O–H groups in total. The van der Waals surface area contributed by atoms with Crippen LogP contribution >= 0.6 is 11.8 Å².